The maximum absolute atomic E-state index is 10.2. The summed E-state index contributed by atoms with van der Waals surface area (Å²) in [4.78, 5) is 6.66. The molecule has 1 N–H and O–H groups in total. The highest BCUT2D eigenvalue weighted by molar-refractivity contribution is 5.03. The Morgan fingerprint density at radius 2 is 2.43 bits per heavy atom. The Hall–Kier alpha value is -1.66. The van der Waals surface area contributed by atoms with Crippen LogP contribution in [0.4, 0.5) is 0 Å². The lowest BCUT2D eigenvalue weighted by Gasteiger charge is -2.24. The van der Waals surface area contributed by atoms with Crippen LogP contribution in [0.1, 0.15) is 49.8 Å². The first-order valence-corrected chi connectivity index (χ1v) is 7.53. The molecule has 21 heavy (non-hydrogen) atoms. The van der Waals surface area contributed by atoms with Crippen molar-refractivity contribution in [1.29, 1.82) is 0 Å². The Morgan fingerprint density at radius 3 is 3.14 bits per heavy atom. The zero-order valence-corrected chi connectivity index (χ0v) is 12.2. The lowest BCUT2D eigenvalue weighted by Crippen LogP contribution is -2.30. The molecule has 0 radical (unpaired) electrons. The third-order valence-electron chi connectivity index (χ3n) is 4.03. The van der Waals surface area contributed by atoms with Crippen molar-refractivity contribution >= 4 is 0 Å². The molecule has 0 aliphatic carbocycles. The number of aliphatic hydroxyl groups excluding tert-OH is 1. The van der Waals surface area contributed by atoms with E-state index in [1.54, 1.807) is 12.3 Å². The van der Waals surface area contributed by atoms with Gasteiger partial charge in [-0.15, -0.1) is 0 Å². The van der Waals surface area contributed by atoms with Crippen LogP contribution in [0.5, 0.6) is 0 Å². The van der Waals surface area contributed by atoms with Crippen molar-refractivity contribution < 1.29 is 14.0 Å². The van der Waals surface area contributed by atoms with Gasteiger partial charge < -0.3 is 14.0 Å². The summed E-state index contributed by atoms with van der Waals surface area (Å²) in [7, 11) is 0. The fourth-order valence-corrected chi connectivity index (χ4v) is 2.90. The van der Waals surface area contributed by atoms with Crippen molar-refractivity contribution in [3.05, 3.63) is 35.9 Å². The minimum atomic E-state index is -0.556. The van der Waals surface area contributed by atoms with Gasteiger partial charge in [0, 0.05) is 12.5 Å². The van der Waals surface area contributed by atoms with Gasteiger partial charge in [0.1, 0.15) is 11.9 Å². The molecule has 2 atom stereocenters. The lowest BCUT2D eigenvalue weighted by molar-refractivity contribution is 0.0955. The number of furan rings is 1. The molecule has 1 aliphatic heterocycles. The average Bonchev–Trinajstić information content (AvgIpc) is 3.21. The molecule has 0 spiro atoms. The number of likely N-dealkylation sites (tertiary alicyclic amines) is 1. The molecule has 1 saturated heterocycles. The van der Waals surface area contributed by atoms with E-state index in [-0.39, 0.29) is 0 Å². The molecule has 3 heterocycles. The molecule has 2 aromatic rings. The number of hydrogen-bond donors (Lipinski definition) is 1. The SMILES string of the molecule is CCc1noc(CN2CCCC2CC(O)c2ccco2)n1. The Bertz CT molecular complexity index is 552. The van der Waals surface area contributed by atoms with E-state index >= 15 is 0 Å². The fraction of sp³-hybridized carbons (Fsp3) is 0.600. The number of aliphatic hydroxyl groups is 1. The molecule has 0 aromatic carbocycles. The zero-order valence-electron chi connectivity index (χ0n) is 12.2. The average molecular weight is 291 g/mol. The molecule has 114 valence electrons. The smallest absolute Gasteiger partial charge is 0.240 e. The zero-order chi connectivity index (χ0) is 14.7. The van der Waals surface area contributed by atoms with Gasteiger partial charge in [0.05, 0.1) is 12.8 Å². The predicted molar refractivity (Wildman–Crippen MR) is 75.4 cm³/mol. The fourth-order valence-electron chi connectivity index (χ4n) is 2.90. The van der Waals surface area contributed by atoms with Gasteiger partial charge in [-0.25, -0.2) is 0 Å². The second kappa shape index (κ2) is 6.41. The van der Waals surface area contributed by atoms with E-state index in [0.29, 0.717) is 30.7 Å². The van der Waals surface area contributed by atoms with Crippen molar-refractivity contribution in [2.24, 2.45) is 0 Å². The third-order valence-corrected chi connectivity index (χ3v) is 4.03. The van der Waals surface area contributed by atoms with Gasteiger partial charge in [0.25, 0.3) is 0 Å². The van der Waals surface area contributed by atoms with Crippen LogP contribution in [0.2, 0.25) is 0 Å². The highest BCUT2D eigenvalue weighted by Gasteiger charge is 2.29. The quantitative estimate of drug-likeness (QED) is 0.880. The maximum atomic E-state index is 10.2. The van der Waals surface area contributed by atoms with Crippen LogP contribution >= 0.6 is 0 Å². The summed E-state index contributed by atoms with van der Waals surface area (Å²) in [6.07, 6.45) is 4.69. The van der Waals surface area contributed by atoms with E-state index in [9.17, 15) is 5.11 Å². The van der Waals surface area contributed by atoms with E-state index in [4.69, 9.17) is 8.94 Å². The molecule has 3 rings (SSSR count). The summed E-state index contributed by atoms with van der Waals surface area (Å²) in [6.45, 7) is 3.66. The number of aromatic nitrogens is 2. The highest BCUT2D eigenvalue weighted by Crippen LogP contribution is 2.28. The summed E-state index contributed by atoms with van der Waals surface area (Å²) in [5, 5.41) is 14.2. The van der Waals surface area contributed by atoms with Crippen LogP contribution in [0, 0.1) is 0 Å². The molecule has 0 bridgehead atoms. The van der Waals surface area contributed by atoms with Gasteiger partial charge in [-0.2, -0.15) is 4.98 Å². The van der Waals surface area contributed by atoms with Crippen LogP contribution in [-0.2, 0) is 13.0 Å². The van der Waals surface area contributed by atoms with Crippen molar-refractivity contribution in [3.8, 4) is 0 Å². The molecule has 1 fully saturated rings. The minimum absolute atomic E-state index is 0.321. The van der Waals surface area contributed by atoms with E-state index in [2.05, 4.69) is 15.0 Å². The Kier molecular flexibility index (Phi) is 4.36. The molecular formula is C15H21N3O3. The topological polar surface area (TPSA) is 75.5 Å². The Balaban J connectivity index is 1.60. The van der Waals surface area contributed by atoms with Crippen LogP contribution < -0.4 is 0 Å². The van der Waals surface area contributed by atoms with Gasteiger partial charge in [-0.3, -0.25) is 4.90 Å². The Labute approximate surface area is 123 Å². The van der Waals surface area contributed by atoms with Crippen molar-refractivity contribution in [3.63, 3.8) is 0 Å². The molecule has 2 unspecified atom stereocenters. The summed E-state index contributed by atoms with van der Waals surface area (Å²) >= 11 is 0. The molecule has 1 aliphatic rings. The van der Waals surface area contributed by atoms with Gasteiger partial charge in [-0.05, 0) is 37.9 Å². The third kappa shape index (κ3) is 3.33. The lowest BCUT2D eigenvalue weighted by atomic mass is 10.1. The van der Waals surface area contributed by atoms with Crippen LogP contribution in [0.3, 0.4) is 0 Å². The first-order chi connectivity index (χ1) is 10.3. The first kappa shape index (κ1) is 14.3. The molecule has 0 saturated carbocycles. The monoisotopic (exact) mass is 291 g/mol. The molecular weight excluding hydrogens is 270 g/mol. The number of aryl methyl sites for hydroxylation is 1. The van der Waals surface area contributed by atoms with Crippen LogP contribution in [0.15, 0.2) is 27.3 Å². The molecule has 0 amide bonds. The number of hydrogen-bond acceptors (Lipinski definition) is 6. The summed E-state index contributed by atoms with van der Waals surface area (Å²) < 4.78 is 10.5. The molecule has 6 heteroatoms. The van der Waals surface area contributed by atoms with Crippen LogP contribution in [-0.4, -0.2) is 32.7 Å². The van der Waals surface area contributed by atoms with E-state index in [1.165, 1.54) is 0 Å². The van der Waals surface area contributed by atoms with E-state index in [0.717, 1.165) is 31.6 Å². The van der Waals surface area contributed by atoms with Crippen molar-refractivity contribution in [1.82, 2.24) is 15.0 Å². The van der Waals surface area contributed by atoms with Crippen molar-refractivity contribution in [2.75, 3.05) is 6.54 Å². The van der Waals surface area contributed by atoms with Gasteiger partial charge in [0.2, 0.25) is 5.89 Å². The van der Waals surface area contributed by atoms with Gasteiger partial charge in [-0.1, -0.05) is 12.1 Å². The Morgan fingerprint density at radius 1 is 1.52 bits per heavy atom. The van der Waals surface area contributed by atoms with E-state index < -0.39 is 6.10 Å². The van der Waals surface area contributed by atoms with Crippen molar-refractivity contribution in [2.45, 2.75) is 51.3 Å². The summed E-state index contributed by atoms with van der Waals surface area (Å²) in [6, 6.07) is 3.94. The minimum Gasteiger partial charge on any atom is -0.467 e. The molecule has 6 nitrogen and oxygen atoms in total. The summed E-state index contributed by atoms with van der Waals surface area (Å²) in [5.41, 5.74) is 0. The maximum Gasteiger partial charge on any atom is 0.240 e. The highest BCUT2D eigenvalue weighted by atomic mass is 16.5. The number of nitrogens with zero attached hydrogens (tertiary/aromatic N) is 3. The van der Waals surface area contributed by atoms with Gasteiger partial charge >= 0.3 is 0 Å². The normalized spacial score (nSPS) is 21.0. The second-order valence-corrected chi connectivity index (χ2v) is 5.49. The first-order valence-electron chi connectivity index (χ1n) is 7.53. The molecule has 2 aromatic heterocycles. The second-order valence-electron chi connectivity index (χ2n) is 5.49. The standard InChI is InChI=1S/C15H21N3O3/c1-2-14-16-15(21-17-14)10-18-7-3-5-11(18)9-12(19)13-6-4-8-20-13/h4,6,8,11-12,19H,2-3,5,7,9-10H2,1H3. The number of rotatable bonds is 6. The van der Waals surface area contributed by atoms with Gasteiger partial charge in [0.15, 0.2) is 5.82 Å². The van der Waals surface area contributed by atoms with Crippen LogP contribution in [0.25, 0.3) is 0 Å². The summed E-state index contributed by atoms with van der Waals surface area (Å²) in [5.74, 6) is 2.04. The largest absolute Gasteiger partial charge is 0.467 e. The predicted octanol–water partition coefficient (Wildman–Crippen LogP) is 2.31. The van der Waals surface area contributed by atoms with E-state index in [1.807, 2.05) is 13.0 Å².